The molecule has 180 valence electrons. The highest BCUT2D eigenvalue weighted by Gasteiger charge is 2.32. The Bertz CT molecular complexity index is 610. The van der Waals surface area contributed by atoms with E-state index < -0.39 is 45.2 Å². The lowest BCUT2D eigenvalue weighted by molar-refractivity contribution is 0.0160. The molecular formula is C22H46N2O4S2. The SMILES string of the molecule is [2H]C1(N[S@](=O)C(C)(C)C)CCC(C)(O)CC1.[2H]C1(N[S@](=O)C(C)(C)C)CCC(C)(O)CC1. The van der Waals surface area contributed by atoms with Gasteiger partial charge in [0.05, 0.1) is 42.7 Å². The second-order valence-corrected chi connectivity index (χ2v) is 15.1. The topological polar surface area (TPSA) is 98.7 Å². The molecule has 0 heterocycles. The van der Waals surface area contributed by atoms with Crippen molar-refractivity contribution < 1.29 is 21.4 Å². The van der Waals surface area contributed by atoms with E-state index in [1.54, 1.807) is 13.8 Å². The van der Waals surface area contributed by atoms with Gasteiger partial charge in [0.1, 0.15) is 0 Å². The lowest BCUT2D eigenvalue weighted by Gasteiger charge is -2.34. The molecule has 2 rings (SSSR count). The maximum Gasteiger partial charge on any atom is 0.0972 e. The summed E-state index contributed by atoms with van der Waals surface area (Å²) in [5.74, 6) is 0. The predicted octanol–water partition coefficient (Wildman–Crippen LogP) is 3.46. The molecule has 0 aliphatic heterocycles. The quantitative estimate of drug-likeness (QED) is 0.508. The van der Waals surface area contributed by atoms with Gasteiger partial charge < -0.3 is 10.2 Å². The largest absolute Gasteiger partial charge is 0.390 e. The molecule has 0 aromatic carbocycles. The zero-order valence-corrected chi connectivity index (χ0v) is 21.8. The van der Waals surface area contributed by atoms with Gasteiger partial charge in [-0.15, -0.1) is 0 Å². The van der Waals surface area contributed by atoms with E-state index in [4.69, 9.17) is 2.74 Å². The van der Waals surface area contributed by atoms with E-state index in [1.165, 1.54) is 0 Å². The van der Waals surface area contributed by atoms with Crippen molar-refractivity contribution in [1.29, 1.82) is 0 Å². The fraction of sp³-hybridized carbons (Fsp3) is 1.00. The van der Waals surface area contributed by atoms with Gasteiger partial charge in [-0.25, -0.2) is 17.9 Å². The maximum atomic E-state index is 11.9. The first-order valence-electron chi connectivity index (χ1n) is 11.9. The first-order valence-corrected chi connectivity index (χ1v) is 13.2. The Morgan fingerprint density at radius 3 is 1.17 bits per heavy atom. The molecule has 6 nitrogen and oxygen atoms in total. The molecule has 0 radical (unpaired) electrons. The maximum absolute atomic E-state index is 11.9. The Kier molecular flexibility index (Phi) is 8.95. The lowest BCUT2D eigenvalue weighted by atomic mass is 9.84. The van der Waals surface area contributed by atoms with Crippen LogP contribution in [0.1, 0.15) is 109 Å². The van der Waals surface area contributed by atoms with Crippen LogP contribution in [-0.4, -0.2) is 51.4 Å². The van der Waals surface area contributed by atoms with Gasteiger partial charge in [-0.1, -0.05) is 0 Å². The van der Waals surface area contributed by atoms with E-state index in [0.717, 1.165) is 0 Å². The van der Waals surface area contributed by atoms with Gasteiger partial charge >= 0.3 is 0 Å². The van der Waals surface area contributed by atoms with E-state index in [0.29, 0.717) is 51.4 Å². The van der Waals surface area contributed by atoms with E-state index >= 15 is 0 Å². The van der Waals surface area contributed by atoms with Crippen LogP contribution in [0.25, 0.3) is 0 Å². The van der Waals surface area contributed by atoms with Crippen LogP contribution in [0.15, 0.2) is 0 Å². The standard InChI is InChI=1S/2C11H23NO2S/c2*1-10(2,3)15(14)12-9-5-7-11(4,13)8-6-9/h2*9,12-13H,5-8H2,1-4H3/t2*9?,11?,15-/m11/s1/i2*9D. The minimum atomic E-state index is -1.22. The van der Waals surface area contributed by atoms with E-state index in [9.17, 15) is 18.6 Å². The summed E-state index contributed by atoms with van der Waals surface area (Å²) in [6.45, 7) is 14.9. The monoisotopic (exact) mass is 468 g/mol. The summed E-state index contributed by atoms with van der Waals surface area (Å²) in [5.41, 5.74) is -1.31. The van der Waals surface area contributed by atoms with Crippen molar-refractivity contribution >= 4 is 22.0 Å². The van der Waals surface area contributed by atoms with Gasteiger partial charge in [-0.05, 0) is 107 Å². The van der Waals surface area contributed by atoms with Crippen LogP contribution in [-0.2, 0) is 22.0 Å². The fourth-order valence-corrected chi connectivity index (χ4v) is 4.50. The van der Waals surface area contributed by atoms with Crippen molar-refractivity contribution in [3.8, 4) is 0 Å². The van der Waals surface area contributed by atoms with Crippen molar-refractivity contribution in [2.45, 2.75) is 139 Å². The summed E-state index contributed by atoms with van der Waals surface area (Å²) < 4.78 is 45.3. The second-order valence-electron chi connectivity index (χ2n) is 11.2. The van der Waals surface area contributed by atoms with Gasteiger partial charge in [0.2, 0.25) is 0 Å². The molecular weight excluding hydrogens is 420 g/mol. The fourth-order valence-electron chi connectivity index (χ4n) is 2.95. The highest BCUT2D eigenvalue weighted by atomic mass is 32.2. The van der Waals surface area contributed by atoms with Crippen LogP contribution in [0.4, 0.5) is 0 Å². The van der Waals surface area contributed by atoms with Crippen LogP contribution in [0.3, 0.4) is 0 Å². The summed E-state index contributed by atoms with van der Waals surface area (Å²) >= 11 is 0. The summed E-state index contributed by atoms with van der Waals surface area (Å²) in [6.07, 6.45) is 4.53. The summed E-state index contributed by atoms with van der Waals surface area (Å²) in [5, 5.41) is 19.6. The molecule has 30 heavy (non-hydrogen) atoms. The normalized spacial score (nSPS) is 41.0. The zero-order valence-electron chi connectivity index (χ0n) is 22.2. The molecule has 0 unspecified atom stereocenters. The molecule has 0 amide bonds. The van der Waals surface area contributed by atoms with Crippen molar-refractivity contribution in [2.75, 3.05) is 0 Å². The molecule has 0 spiro atoms. The van der Waals surface area contributed by atoms with Crippen molar-refractivity contribution in [2.24, 2.45) is 0 Å². The first kappa shape index (κ1) is 24.8. The van der Waals surface area contributed by atoms with Crippen LogP contribution in [0.2, 0.25) is 0 Å². The number of aliphatic hydroxyl groups is 2. The van der Waals surface area contributed by atoms with E-state index in [-0.39, 0.29) is 9.49 Å². The van der Waals surface area contributed by atoms with E-state index in [1.807, 2.05) is 41.5 Å². The van der Waals surface area contributed by atoms with Crippen LogP contribution >= 0.6 is 0 Å². The van der Waals surface area contributed by atoms with Gasteiger partial charge in [0, 0.05) is 14.8 Å². The van der Waals surface area contributed by atoms with Crippen molar-refractivity contribution in [3.63, 3.8) is 0 Å². The van der Waals surface area contributed by atoms with Crippen molar-refractivity contribution in [3.05, 3.63) is 0 Å². The summed E-state index contributed by atoms with van der Waals surface area (Å²) in [4.78, 5) is 0. The smallest absolute Gasteiger partial charge is 0.0972 e. The molecule has 2 aliphatic carbocycles. The van der Waals surface area contributed by atoms with Gasteiger partial charge in [-0.3, -0.25) is 0 Å². The minimum absolute atomic E-state index is 0.353. The van der Waals surface area contributed by atoms with Crippen molar-refractivity contribution in [1.82, 2.24) is 9.44 Å². The van der Waals surface area contributed by atoms with Gasteiger partial charge in [-0.2, -0.15) is 0 Å². The van der Waals surface area contributed by atoms with Gasteiger partial charge in [0.25, 0.3) is 0 Å². The molecule has 8 heteroatoms. The molecule has 4 N–H and O–H groups in total. The third-order valence-electron chi connectivity index (χ3n) is 5.45. The molecule has 0 bridgehead atoms. The molecule has 2 fully saturated rings. The highest BCUT2D eigenvalue weighted by molar-refractivity contribution is 7.84. The third-order valence-corrected chi connectivity index (χ3v) is 8.62. The molecule has 2 aliphatic rings. The minimum Gasteiger partial charge on any atom is -0.390 e. The van der Waals surface area contributed by atoms with Crippen LogP contribution in [0, 0.1) is 0 Å². The molecule has 0 aromatic heterocycles. The number of hydrogen-bond donors (Lipinski definition) is 4. The number of nitrogens with one attached hydrogen (secondary N) is 2. The Morgan fingerprint density at radius 2 is 0.967 bits per heavy atom. The van der Waals surface area contributed by atoms with E-state index in [2.05, 4.69) is 9.44 Å². The Hall–Kier alpha value is 0.140. The molecule has 0 aromatic rings. The second kappa shape index (κ2) is 10.8. The Morgan fingerprint density at radius 1 is 0.733 bits per heavy atom. The first-order chi connectivity index (χ1) is 14.1. The predicted molar refractivity (Wildman–Crippen MR) is 128 cm³/mol. The molecule has 0 saturated heterocycles. The summed E-state index contributed by atoms with van der Waals surface area (Å²) in [6, 6.07) is -1.69. The average molecular weight is 469 g/mol. The lowest BCUT2D eigenvalue weighted by Crippen LogP contribution is -2.44. The highest BCUT2D eigenvalue weighted by Crippen LogP contribution is 2.29. The van der Waals surface area contributed by atoms with Crippen LogP contribution < -0.4 is 9.44 Å². The zero-order chi connectivity index (χ0) is 25.2. The summed E-state index contributed by atoms with van der Waals surface area (Å²) in [7, 11) is -2.44. The Labute approximate surface area is 192 Å². The Balaban J connectivity index is 0.000000320. The van der Waals surface area contributed by atoms with Gasteiger partial charge in [0.15, 0.2) is 0 Å². The molecule has 2 saturated carbocycles. The number of hydrogen-bond acceptors (Lipinski definition) is 4. The third kappa shape index (κ3) is 10.6. The van der Waals surface area contributed by atoms with Crippen LogP contribution in [0.5, 0.6) is 0 Å². The number of rotatable bonds is 4. The molecule has 2 atom stereocenters. The average Bonchev–Trinajstić information content (AvgIpc) is 2.60.